The minimum Gasteiger partial charge on any atom is -0.414 e. The molecule has 0 unspecified atom stereocenters. The maximum Gasteiger partial charge on any atom is 0.192 e. The van der Waals surface area contributed by atoms with E-state index in [2.05, 4.69) is 157 Å². The third-order valence-corrected chi connectivity index (χ3v) is 26.5. The van der Waals surface area contributed by atoms with Crippen LogP contribution in [0, 0.1) is 0 Å². The Labute approximate surface area is 339 Å². The second kappa shape index (κ2) is 15.1. The van der Waals surface area contributed by atoms with Crippen LogP contribution in [0.4, 0.5) is 5.82 Å². The van der Waals surface area contributed by atoms with Gasteiger partial charge in [-0.2, -0.15) is 5.10 Å². The molecular weight excluding hydrogens is 751 g/mol. The number of aromatic amines is 1. The number of H-pyrrole nitrogens is 1. The molecule has 1 aliphatic heterocycles. The summed E-state index contributed by atoms with van der Waals surface area (Å²) in [5.74, 6) is 0.760. The van der Waals surface area contributed by atoms with Gasteiger partial charge in [0.05, 0.1) is 30.4 Å². The van der Waals surface area contributed by atoms with Gasteiger partial charge in [-0.1, -0.05) is 107 Å². The van der Waals surface area contributed by atoms with E-state index >= 15 is 0 Å². The van der Waals surface area contributed by atoms with Crippen molar-refractivity contribution in [2.75, 3.05) is 12.3 Å². The second-order valence-electron chi connectivity index (χ2n) is 21.5. The molecule has 5 rings (SSSR count). The van der Waals surface area contributed by atoms with Crippen molar-refractivity contribution in [3.05, 3.63) is 53.6 Å². The van der Waals surface area contributed by atoms with Crippen molar-refractivity contribution in [3.63, 3.8) is 0 Å². The molecule has 0 amide bonds. The highest BCUT2D eigenvalue weighted by atomic mass is 28.4. The SMILES string of the molecule is CC(C)(C)c1ccc(Cc2[nH]ncc2-c2nc(N)c3ncn([C@@H]4O[C@H](CO[Si](C)(C)C(C)(C)C)[C@@H](O[Si](C)(C)C(C)(C)C)[C@H]4O[Si](C)(C)C(C)(C)C)c3n2)cc1. The number of nitrogens with zero attached hydrogens (tertiary/aromatic N) is 5. The van der Waals surface area contributed by atoms with E-state index in [0.717, 1.165) is 16.8 Å². The fourth-order valence-electron chi connectivity index (χ4n) is 6.09. The van der Waals surface area contributed by atoms with Crippen molar-refractivity contribution in [1.82, 2.24) is 29.7 Å². The minimum atomic E-state index is -2.38. The van der Waals surface area contributed by atoms with Crippen LogP contribution in [0.5, 0.6) is 0 Å². The molecule has 4 aromatic rings. The molecule has 0 radical (unpaired) electrons. The summed E-state index contributed by atoms with van der Waals surface area (Å²) in [6.45, 7) is 41.2. The Morgan fingerprint density at radius 1 is 0.768 bits per heavy atom. The van der Waals surface area contributed by atoms with Gasteiger partial charge in [0.2, 0.25) is 0 Å². The molecule has 4 heterocycles. The van der Waals surface area contributed by atoms with Crippen molar-refractivity contribution >= 4 is 41.9 Å². The van der Waals surface area contributed by atoms with E-state index < -0.39 is 37.3 Å². The summed E-state index contributed by atoms with van der Waals surface area (Å²) in [6, 6.07) is 8.74. The summed E-state index contributed by atoms with van der Waals surface area (Å²) in [5.41, 5.74) is 12.0. The fraction of sp³-hybridized carbons (Fsp3) is 0.667. The molecule has 11 nitrogen and oxygen atoms in total. The van der Waals surface area contributed by atoms with Crippen LogP contribution >= 0.6 is 0 Å². The number of aromatic nitrogens is 6. The largest absolute Gasteiger partial charge is 0.414 e. The average Bonchev–Trinajstić information content (AvgIpc) is 3.76. The second-order valence-corrected chi connectivity index (χ2v) is 35.8. The maximum atomic E-state index is 7.43. The topological polar surface area (TPSA) is 135 Å². The molecule has 4 atom stereocenters. The normalized spacial score (nSPS) is 20.7. The number of hydrogen-bond acceptors (Lipinski definition) is 9. The van der Waals surface area contributed by atoms with E-state index in [-0.39, 0.29) is 38.6 Å². The zero-order valence-electron chi connectivity index (χ0n) is 37.6. The monoisotopic (exact) mass is 821 g/mol. The van der Waals surface area contributed by atoms with Crippen LogP contribution in [0.3, 0.4) is 0 Å². The van der Waals surface area contributed by atoms with Crippen LogP contribution in [0.2, 0.25) is 54.4 Å². The van der Waals surface area contributed by atoms with Gasteiger partial charge in [-0.15, -0.1) is 0 Å². The van der Waals surface area contributed by atoms with E-state index in [4.69, 9.17) is 38.7 Å². The molecule has 3 aromatic heterocycles. The molecule has 1 saturated heterocycles. The third kappa shape index (κ3) is 9.11. The zero-order valence-corrected chi connectivity index (χ0v) is 40.6. The first-order chi connectivity index (χ1) is 25.4. The van der Waals surface area contributed by atoms with Gasteiger partial charge in [-0.25, -0.2) is 15.0 Å². The number of fused-ring (bicyclic) bond motifs is 1. The number of hydrogen-bond donors (Lipinski definition) is 2. The Kier molecular flexibility index (Phi) is 12.0. The highest BCUT2D eigenvalue weighted by Gasteiger charge is 2.55. The first kappa shape index (κ1) is 44.4. The van der Waals surface area contributed by atoms with Crippen molar-refractivity contribution in [3.8, 4) is 11.4 Å². The lowest BCUT2D eigenvalue weighted by Gasteiger charge is -2.44. The molecule has 310 valence electrons. The third-order valence-electron chi connectivity index (χ3n) is 13.1. The minimum absolute atomic E-state index is 0.0328. The van der Waals surface area contributed by atoms with Crippen molar-refractivity contribution in [1.29, 1.82) is 0 Å². The highest BCUT2D eigenvalue weighted by Crippen LogP contribution is 2.47. The Morgan fingerprint density at radius 3 is 1.86 bits per heavy atom. The van der Waals surface area contributed by atoms with Gasteiger partial charge in [-0.05, 0) is 70.9 Å². The number of nitrogens with one attached hydrogen (secondary N) is 1. The number of nitrogens with two attached hydrogens (primary N) is 1. The first-order valence-corrected chi connectivity index (χ1v) is 28.9. The summed E-state index contributed by atoms with van der Waals surface area (Å²) < 4.78 is 30.9. The van der Waals surface area contributed by atoms with Crippen LogP contribution < -0.4 is 5.73 Å². The summed E-state index contributed by atoms with van der Waals surface area (Å²) in [7, 11) is -6.85. The fourth-order valence-corrected chi connectivity index (χ4v) is 9.71. The summed E-state index contributed by atoms with van der Waals surface area (Å²) in [6.07, 6.45) is 2.32. The lowest BCUT2D eigenvalue weighted by Crippen LogP contribution is -2.54. The quantitative estimate of drug-likeness (QED) is 0.142. The number of rotatable bonds is 11. The molecule has 56 heavy (non-hydrogen) atoms. The van der Waals surface area contributed by atoms with Crippen LogP contribution in [-0.4, -0.2) is 79.6 Å². The summed E-state index contributed by atoms with van der Waals surface area (Å²) >= 11 is 0. The summed E-state index contributed by atoms with van der Waals surface area (Å²) in [5, 5.41) is 7.56. The lowest BCUT2D eigenvalue weighted by molar-refractivity contribution is -0.0470. The van der Waals surface area contributed by atoms with Gasteiger partial charge < -0.3 is 23.7 Å². The van der Waals surface area contributed by atoms with Gasteiger partial charge >= 0.3 is 0 Å². The van der Waals surface area contributed by atoms with Crippen LogP contribution in [-0.2, 0) is 29.9 Å². The van der Waals surface area contributed by atoms with Gasteiger partial charge in [0.1, 0.15) is 23.8 Å². The Balaban J connectivity index is 1.61. The standard InChI is InChI=1S/C42H71N7O4Si3/c1-39(2,3)28-21-19-27(20-22-28)23-30-29(24-45-48-30)36-46-35(43)32-37(47-36)49(26-44-32)38-34(53-56(17,18)42(10,11)12)33(52-55(15,16)41(7,8)9)31(51-38)25-50-54(13,14)40(4,5)6/h19-22,24,26,31,33-34,38H,23,25H2,1-18H3,(H,45,48)(H2,43,46,47)/t31-,33-,34-,38-/m1/s1. The predicted octanol–water partition coefficient (Wildman–Crippen LogP) is 10.4. The van der Waals surface area contributed by atoms with Crippen LogP contribution in [0.15, 0.2) is 36.8 Å². The van der Waals surface area contributed by atoms with Crippen molar-refractivity contribution in [2.24, 2.45) is 0 Å². The molecule has 0 bridgehead atoms. The van der Waals surface area contributed by atoms with Crippen LogP contribution in [0.1, 0.15) is 106 Å². The molecular formula is C42H71N7O4Si3. The molecule has 1 fully saturated rings. The number of imidazole rings is 1. The highest BCUT2D eigenvalue weighted by molar-refractivity contribution is 6.75. The molecule has 0 aliphatic carbocycles. The van der Waals surface area contributed by atoms with Crippen LogP contribution in [0.25, 0.3) is 22.6 Å². The van der Waals surface area contributed by atoms with E-state index in [0.29, 0.717) is 30.0 Å². The smallest absolute Gasteiger partial charge is 0.192 e. The van der Waals surface area contributed by atoms with Crippen molar-refractivity contribution < 1.29 is 18.0 Å². The molecule has 0 saturated carbocycles. The van der Waals surface area contributed by atoms with Crippen molar-refractivity contribution in [2.45, 2.75) is 174 Å². The van der Waals surface area contributed by atoms with Gasteiger partial charge in [0.15, 0.2) is 48.5 Å². The molecule has 14 heteroatoms. The molecule has 1 aliphatic rings. The first-order valence-electron chi connectivity index (χ1n) is 20.2. The van der Waals surface area contributed by atoms with Gasteiger partial charge in [-0.3, -0.25) is 9.67 Å². The Bertz CT molecular complexity index is 1980. The van der Waals surface area contributed by atoms with E-state index in [1.165, 1.54) is 5.56 Å². The van der Waals surface area contributed by atoms with Gasteiger partial charge in [0, 0.05) is 6.42 Å². The average molecular weight is 822 g/mol. The summed E-state index contributed by atoms with van der Waals surface area (Å²) in [4.78, 5) is 14.7. The van der Waals surface area contributed by atoms with Gasteiger partial charge in [0.25, 0.3) is 0 Å². The van der Waals surface area contributed by atoms with E-state index in [1.54, 1.807) is 12.5 Å². The Morgan fingerprint density at radius 2 is 1.32 bits per heavy atom. The number of nitrogen functional groups attached to an aromatic ring is 1. The Hall–Kier alpha value is -2.73. The number of anilines is 1. The maximum absolute atomic E-state index is 7.43. The van der Waals surface area contributed by atoms with E-state index in [9.17, 15) is 0 Å². The molecule has 0 spiro atoms. The predicted molar refractivity (Wildman–Crippen MR) is 236 cm³/mol. The molecule has 1 aromatic carbocycles. The number of benzene rings is 1. The number of ether oxygens (including phenoxy) is 1. The van der Waals surface area contributed by atoms with E-state index in [1.807, 2.05) is 4.57 Å². The molecule has 3 N–H and O–H groups in total. The lowest BCUT2D eigenvalue weighted by atomic mass is 9.86. The zero-order chi connectivity index (χ0) is 42.0.